The molecule has 20 heavy (non-hydrogen) atoms. The van der Waals surface area contributed by atoms with Crippen molar-refractivity contribution in [2.45, 2.75) is 13.5 Å². The largest absolute Gasteiger partial charge is 0.341 e. The molecule has 2 aromatic carbocycles. The molecule has 3 rings (SSSR count). The lowest BCUT2D eigenvalue weighted by atomic mass is 10.1. The van der Waals surface area contributed by atoms with Crippen molar-refractivity contribution >= 4 is 27.9 Å². The number of fused-ring (bicyclic) bond motifs is 3. The van der Waals surface area contributed by atoms with Gasteiger partial charge in [-0.1, -0.05) is 24.3 Å². The smallest absolute Gasteiger partial charge is 0.121 e. The van der Waals surface area contributed by atoms with Crippen LogP contribution in [0.3, 0.4) is 0 Å². The number of hydrogen-bond donors (Lipinski definition) is 0. The van der Waals surface area contributed by atoms with Crippen LogP contribution in [0.4, 0.5) is 0 Å². The maximum absolute atomic E-state index is 10.4. The van der Waals surface area contributed by atoms with Gasteiger partial charge in [0, 0.05) is 23.0 Å². The highest BCUT2D eigenvalue weighted by Crippen LogP contribution is 2.29. The number of nitro groups is 1. The van der Waals surface area contributed by atoms with Gasteiger partial charge >= 0.3 is 0 Å². The maximum Gasteiger partial charge on any atom is 0.121 e. The molecule has 0 bridgehead atoms. The van der Waals surface area contributed by atoms with Gasteiger partial charge < -0.3 is 4.57 Å². The standard InChI is InChI=1S/C16H13N2O2/c1-2-17-15-6-4-3-5-13(15)14-11-12(7-8-16(14)17)9-10-18(19)20/h3-9,11H,2H2,1H3/q-1. The lowest BCUT2D eigenvalue weighted by Gasteiger charge is -2.05. The van der Waals surface area contributed by atoms with Crippen LogP contribution in [-0.4, -0.2) is 9.49 Å². The Balaban J connectivity index is 2.28. The van der Waals surface area contributed by atoms with Crippen LogP contribution in [0.5, 0.6) is 0 Å². The summed E-state index contributed by atoms with van der Waals surface area (Å²) in [5, 5.41) is 12.6. The number of para-hydroxylation sites is 1. The third-order valence-corrected chi connectivity index (χ3v) is 3.45. The molecular formula is C16H13N2O2-. The zero-order chi connectivity index (χ0) is 14.1. The highest BCUT2D eigenvalue weighted by Gasteiger charge is 2.07. The molecule has 3 aromatic rings. The fraction of sp³-hybridized carbons (Fsp3) is 0.125. The summed E-state index contributed by atoms with van der Waals surface area (Å²) in [6, 6.07) is 14.1. The van der Waals surface area contributed by atoms with E-state index in [-0.39, 0.29) is 0 Å². The van der Waals surface area contributed by atoms with E-state index in [1.165, 1.54) is 17.0 Å². The third-order valence-electron chi connectivity index (χ3n) is 3.45. The first-order valence-electron chi connectivity index (χ1n) is 6.45. The average Bonchev–Trinajstić information content (AvgIpc) is 2.78. The first-order valence-corrected chi connectivity index (χ1v) is 6.45. The Morgan fingerprint density at radius 3 is 2.70 bits per heavy atom. The molecule has 1 aromatic heterocycles. The summed E-state index contributed by atoms with van der Waals surface area (Å²) in [5.74, 6) is 0. The van der Waals surface area contributed by atoms with E-state index >= 15 is 0 Å². The molecule has 0 N–H and O–H groups in total. The Bertz CT molecular complexity index is 831. The molecule has 0 unspecified atom stereocenters. The summed E-state index contributed by atoms with van der Waals surface area (Å²) >= 11 is 0. The van der Waals surface area contributed by atoms with Crippen molar-refractivity contribution in [3.05, 3.63) is 64.3 Å². The van der Waals surface area contributed by atoms with Gasteiger partial charge in [0.2, 0.25) is 0 Å². The van der Waals surface area contributed by atoms with E-state index in [9.17, 15) is 10.1 Å². The molecular weight excluding hydrogens is 252 g/mol. The number of aromatic nitrogens is 1. The third kappa shape index (κ3) is 1.95. The van der Waals surface area contributed by atoms with E-state index in [1.54, 1.807) is 0 Å². The second-order valence-electron chi connectivity index (χ2n) is 4.57. The molecule has 0 radical (unpaired) electrons. The summed E-state index contributed by atoms with van der Waals surface area (Å²) in [6.07, 6.45) is 3.49. The molecule has 0 saturated heterocycles. The predicted molar refractivity (Wildman–Crippen MR) is 79.8 cm³/mol. The van der Waals surface area contributed by atoms with Crippen molar-refractivity contribution in [2.24, 2.45) is 0 Å². The maximum atomic E-state index is 10.4. The Labute approximate surface area is 116 Å². The predicted octanol–water partition coefficient (Wildman–Crippen LogP) is 3.86. The summed E-state index contributed by atoms with van der Waals surface area (Å²) in [5.41, 5.74) is 3.12. The van der Waals surface area contributed by atoms with Crippen LogP contribution in [0.15, 0.2) is 42.5 Å². The first-order chi connectivity index (χ1) is 9.70. The molecule has 0 spiro atoms. The van der Waals surface area contributed by atoms with Crippen molar-refractivity contribution in [1.29, 1.82) is 0 Å². The molecule has 0 aliphatic heterocycles. The minimum atomic E-state index is -0.570. The van der Waals surface area contributed by atoms with Crippen LogP contribution >= 0.6 is 0 Å². The molecule has 0 aliphatic rings. The number of aryl methyl sites for hydroxylation is 1. The van der Waals surface area contributed by atoms with E-state index < -0.39 is 4.92 Å². The molecule has 0 saturated carbocycles. The summed E-state index contributed by atoms with van der Waals surface area (Å²) in [4.78, 5) is 9.79. The Kier molecular flexibility index (Phi) is 2.99. The van der Waals surface area contributed by atoms with Gasteiger partial charge in [-0.25, -0.2) is 0 Å². The van der Waals surface area contributed by atoms with Gasteiger partial charge in [-0.2, -0.15) is 11.6 Å². The number of rotatable bonds is 3. The summed E-state index contributed by atoms with van der Waals surface area (Å²) < 4.78 is 2.25. The van der Waals surface area contributed by atoms with Crippen molar-refractivity contribution in [3.63, 3.8) is 0 Å². The van der Waals surface area contributed by atoms with E-state index in [2.05, 4.69) is 29.8 Å². The minimum absolute atomic E-state index is 0.570. The van der Waals surface area contributed by atoms with Crippen LogP contribution < -0.4 is 0 Å². The van der Waals surface area contributed by atoms with Crippen molar-refractivity contribution in [1.82, 2.24) is 4.57 Å². The minimum Gasteiger partial charge on any atom is -0.341 e. The highest BCUT2D eigenvalue weighted by molar-refractivity contribution is 6.08. The van der Waals surface area contributed by atoms with Crippen LogP contribution in [0.2, 0.25) is 0 Å². The molecule has 0 fully saturated rings. The van der Waals surface area contributed by atoms with Gasteiger partial charge in [0.25, 0.3) is 0 Å². The monoisotopic (exact) mass is 265 g/mol. The zero-order valence-electron chi connectivity index (χ0n) is 11.0. The van der Waals surface area contributed by atoms with Gasteiger partial charge in [0.05, 0.1) is 0 Å². The number of nitrogens with zero attached hydrogens (tertiary/aromatic N) is 2. The first kappa shape index (κ1) is 12.4. The second kappa shape index (κ2) is 4.81. The molecule has 0 aliphatic carbocycles. The van der Waals surface area contributed by atoms with Crippen molar-refractivity contribution < 1.29 is 4.92 Å². The fourth-order valence-corrected chi connectivity index (χ4v) is 2.63. The SMILES string of the molecule is CCn1c2ccccc2c2cc(C=[C-][N+](=O)[O-])ccc21. The van der Waals surface area contributed by atoms with E-state index in [0.717, 1.165) is 23.0 Å². The van der Waals surface area contributed by atoms with Gasteiger partial charge in [-0.3, -0.25) is 10.1 Å². The van der Waals surface area contributed by atoms with E-state index in [0.29, 0.717) is 0 Å². The summed E-state index contributed by atoms with van der Waals surface area (Å²) in [7, 11) is 0. The Morgan fingerprint density at radius 1 is 1.20 bits per heavy atom. The lowest BCUT2D eigenvalue weighted by molar-refractivity contribution is -0.417. The Hall–Kier alpha value is -2.62. The lowest BCUT2D eigenvalue weighted by Crippen LogP contribution is -1.92. The highest BCUT2D eigenvalue weighted by atomic mass is 16.6. The fourth-order valence-electron chi connectivity index (χ4n) is 2.63. The molecule has 1 heterocycles. The molecule has 0 amide bonds. The summed E-state index contributed by atoms with van der Waals surface area (Å²) in [6.45, 7) is 3.00. The molecule has 4 heteroatoms. The number of hydrogen-bond acceptors (Lipinski definition) is 2. The molecule has 100 valence electrons. The van der Waals surface area contributed by atoms with Gasteiger partial charge in [0.1, 0.15) is 6.20 Å². The Morgan fingerprint density at radius 2 is 1.95 bits per heavy atom. The van der Waals surface area contributed by atoms with Crippen LogP contribution in [0.25, 0.3) is 27.9 Å². The van der Waals surface area contributed by atoms with Gasteiger partial charge in [0.15, 0.2) is 0 Å². The van der Waals surface area contributed by atoms with Gasteiger partial charge in [-0.15, -0.1) is 12.1 Å². The molecule has 4 nitrogen and oxygen atoms in total. The zero-order valence-corrected chi connectivity index (χ0v) is 11.0. The van der Waals surface area contributed by atoms with Gasteiger partial charge in [-0.05, 0) is 23.3 Å². The van der Waals surface area contributed by atoms with E-state index in [1.807, 2.05) is 30.3 Å². The normalized spacial score (nSPS) is 11.7. The topological polar surface area (TPSA) is 48.1 Å². The van der Waals surface area contributed by atoms with Crippen molar-refractivity contribution in [2.75, 3.05) is 0 Å². The molecule has 0 atom stereocenters. The van der Waals surface area contributed by atoms with Crippen LogP contribution in [0.1, 0.15) is 12.5 Å². The van der Waals surface area contributed by atoms with Crippen LogP contribution in [-0.2, 0) is 6.54 Å². The average molecular weight is 265 g/mol. The quantitative estimate of drug-likeness (QED) is 0.312. The number of benzene rings is 2. The second-order valence-corrected chi connectivity index (χ2v) is 4.57. The van der Waals surface area contributed by atoms with E-state index in [4.69, 9.17) is 0 Å². The van der Waals surface area contributed by atoms with Crippen molar-refractivity contribution in [3.8, 4) is 0 Å². The van der Waals surface area contributed by atoms with Crippen LogP contribution in [0, 0.1) is 16.3 Å².